The number of nitrogens with zero attached hydrogens (tertiary/aromatic N) is 1. The number of hydrogen-bond donors (Lipinski definition) is 0. The third-order valence-electron chi connectivity index (χ3n) is 7.54. The van der Waals surface area contributed by atoms with Crippen molar-refractivity contribution in [2.45, 2.75) is 155 Å². The Labute approximate surface area is 257 Å². The van der Waals surface area contributed by atoms with Crippen molar-refractivity contribution < 1.29 is 28.5 Å². The van der Waals surface area contributed by atoms with Gasteiger partial charge < -0.3 is 23.8 Å². The van der Waals surface area contributed by atoms with Gasteiger partial charge in [0.15, 0.2) is 0 Å². The molecule has 1 fully saturated rings. The Morgan fingerprint density at radius 3 is 2.00 bits per heavy atom. The molecule has 2 atom stereocenters. The third-order valence-corrected chi connectivity index (χ3v) is 7.54. The van der Waals surface area contributed by atoms with Crippen molar-refractivity contribution in [2.75, 3.05) is 26.4 Å². The number of allylic oxidation sites excluding steroid dienone is 2. The van der Waals surface area contributed by atoms with Crippen LogP contribution in [0.4, 0.5) is 4.79 Å². The molecule has 0 spiro atoms. The number of likely N-dealkylation sites (tertiary alicyclic amines) is 1. The van der Waals surface area contributed by atoms with Crippen LogP contribution in [-0.2, 0) is 23.7 Å². The highest BCUT2D eigenvalue weighted by atomic mass is 16.6. The van der Waals surface area contributed by atoms with Gasteiger partial charge in [0.2, 0.25) is 0 Å². The van der Waals surface area contributed by atoms with Crippen molar-refractivity contribution in [2.24, 2.45) is 5.92 Å². The van der Waals surface area contributed by atoms with Crippen LogP contribution in [0.2, 0.25) is 0 Å². The second kappa shape index (κ2) is 22.4. The summed E-state index contributed by atoms with van der Waals surface area (Å²) >= 11 is 0. The van der Waals surface area contributed by atoms with Crippen molar-refractivity contribution in [3.8, 4) is 0 Å². The minimum Gasteiger partial charge on any atom is -0.499 e. The van der Waals surface area contributed by atoms with Crippen LogP contribution in [0.5, 0.6) is 0 Å². The molecule has 2 unspecified atom stereocenters. The molecule has 7 heteroatoms. The SMILES string of the molecule is C=C(CC(COC(=O)CCCCCCCC)CC(=C)OCC1CCCN1C(=O)OC(C)(C)C)OCCCCCCCC. The van der Waals surface area contributed by atoms with Crippen LogP contribution in [0, 0.1) is 5.92 Å². The van der Waals surface area contributed by atoms with Gasteiger partial charge >= 0.3 is 12.1 Å². The van der Waals surface area contributed by atoms with Crippen LogP contribution in [0.1, 0.15) is 144 Å². The fourth-order valence-electron chi connectivity index (χ4n) is 5.17. The lowest BCUT2D eigenvalue weighted by atomic mass is 10.0. The number of hydrogen-bond acceptors (Lipinski definition) is 6. The number of unbranched alkanes of at least 4 members (excludes halogenated alkanes) is 10. The number of amides is 1. The lowest BCUT2D eigenvalue weighted by molar-refractivity contribution is -0.145. The van der Waals surface area contributed by atoms with Gasteiger partial charge in [-0.15, -0.1) is 0 Å². The molecule has 42 heavy (non-hydrogen) atoms. The maximum Gasteiger partial charge on any atom is 0.410 e. The summed E-state index contributed by atoms with van der Waals surface area (Å²) in [6.07, 6.45) is 17.1. The maximum atomic E-state index is 12.6. The zero-order valence-electron chi connectivity index (χ0n) is 27.8. The Balaban J connectivity index is 2.56. The molecule has 1 heterocycles. The molecule has 0 aliphatic carbocycles. The zero-order chi connectivity index (χ0) is 31.2. The first-order valence-electron chi connectivity index (χ1n) is 16.8. The van der Waals surface area contributed by atoms with Gasteiger partial charge in [0, 0.05) is 31.7 Å². The number of carbonyl (C=O) groups excluding carboxylic acids is 2. The summed E-state index contributed by atoms with van der Waals surface area (Å²) in [5.74, 6) is 1.14. The van der Waals surface area contributed by atoms with Gasteiger partial charge in [-0.05, 0) is 46.5 Å². The fraction of sp³-hybridized carbons (Fsp3) is 0.829. The van der Waals surface area contributed by atoms with E-state index in [-0.39, 0.29) is 30.6 Å². The van der Waals surface area contributed by atoms with Crippen molar-refractivity contribution in [3.05, 3.63) is 24.7 Å². The summed E-state index contributed by atoms with van der Waals surface area (Å²) in [4.78, 5) is 26.8. The van der Waals surface area contributed by atoms with Gasteiger partial charge in [0.05, 0.1) is 30.8 Å². The second-order valence-corrected chi connectivity index (χ2v) is 12.9. The predicted octanol–water partition coefficient (Wildman–Crippen LogP) is 9.50. The average Bonchev–Trinajstić information content (AvgIpc) is 3.40. The molecule has 0 aromatic rings. The van der Waals surface area contributed by atoms with Crippen LogP contribution in [0.15, 0.2) is 24.7 Å². The number of ether oxygens (including phenoxy) is 4. The quantitative estimate of drug-likeness (QED) is 0.0630. The first-order chi connectivity index (χ1) is 20.1. The van der Waals surface area contributed by atoms with Crippen molar-refractivity contribution in [3.63, 3.8) is 0 Å². The normalized spacial score (nSPS) is 15.7. The van der Waals surface area contributed by atoms with E-state index in [0.29, 0.717) is 50.5 Å². The lowest BCUT2D eigenvalue weighted by Gasteiger charge is -2.29. The average molecular weight is 594 g/mol. The first kappa shape index (κ1) is 37.8. The van der Waals surface area contributed by atoms with Gasteiger partial charge in [0.1, 0.15) is 12.2 Å². The smallest absolute Gasteiger partial charge is 0.410 e. The van der Waals surface area contributed by atoms with E-state index in [1.807, 2.05) is 20.8 Å². The van der Waals surface area contributed by atoms with Crippen molar-refractivity contribution in [1.29, 1.82) is 0 Å². The number of carbonyl (C=O) groups is 2. The fourth-order valence-corrected chi connectivity index (χ4v) is 5.17. The topological polar surface area (TPSA) is 74.3 Å². The standard InChI is InChI=1S/C35H63NO6/c1-8-10-12-14-16-18-22-33(37)41-27-31(25-29(3)39-24-19-17-15-13-11-9-2)26-30(4)40-28-32-21-20-23-36(32)34(38)42-35(5,6)7/h31-32H,3-4,8-28H2,1-2,5-7H3. The molecule has 244 valence electrons. The van der Waals surface area contributed by atoms with E-state index in [9.17, 15) is 9.59 Å². The minimum atomic E-state index is -0.534. The van der Waals surface area contributed by atoms with Crippen molar-refractivity contribution in [1.82, 2.24) is 4.90 Å². The molecule has 1 amide bonds. The first-order valence-corrected chi connectivity index (χ1v) is 16.8. The van der Waals surface area contributed by atoms with Gasteiger partial charge in [-0.3, -0.25) is 4.79 Å². The van der Waals surface area contributed by atoms with Gasteiger partial charge in [-0.25, -0.2) is 4.79 Å². The highest BCUT2D eigenvalue weighted by Gasteiger charge is 2.32. The van der Waals surface area contributed by atoms with E-state index >= 15 is 0 Å². The summed E-state index contributed by atoms with van der Waals surface area (Å²) < 4.78 is 23.3. The molecule has 1 saturated heterocycles. The molecular formula is C35H63NO6. The van der Waals surface area contributed by atoms with E-state index < -0.39 is 5.60 Å². The number of rotatable bonds is 24. The van der Waals surface area contributed by atoms with E-state index in [1.54, 1.807) is 4.90 Å². The van der Waals surface area contributed by atoms with Gasteiger partial charge in [-0.1, -0.05) is 91.2 Å². The van der Waals surface area contributed by atoms with Crippen LogP contribution >= 0.6 is 0 Å². The van der Waals surface area contributed by atoms with E-state index in [4.69, 9.17) is 18.9 Å². The van der Waals surface area contributed by atoms with Gasteiger partial charge in [0.25, 0.3) is 0 Å². The Morgan fingerprint density at radius 2 is 1.38 bits per heavy atom. The summed E-state index contributed by atoms with van der Waals surface area (Å²) in [6.45, 7) is 20.3. The summed E-state index contributed by atoms with van der Waals surface area (Å²) in [6, 6.07) is -0.0409. The molecule has 0 saturated carbocycles. The molecular weight excluding hydrogens is 530 g/mol. The molecule has 0 radical (unpaired) electrons. The molecule has 7 nitrogen and oxygen atoms in total. The third kappa shape index (κ3) is 19.1. The molecule has 0 N–H and O–H groups in total. The zero-order valence-corrected chi connectivity index (χ0v) is 27.8. The molecule has 0 aromatic carbocycles. The Hall–Kier alpha value is -2.18. The summed E-state index contributed by atoms with van der Waals surface area (Å²) in [5, 5.41) is 0. The van der Waals surface area contributed by atoms with Crippen LogP contribution in [0.25, 0.3) is 0 Å². The van der Waals surface area contributed by atoms with E-state index in [1.165, 1.54) is 57.8 Å². The Bertz CT molecular complexity index is 774. The maximum absolute atomic E-state index is 12.6. The van der Waals surface area contributed by atoms with Crippen LogP contribution in [0.3, 0.4) is 0 Å². The van der Waals surface area contributed by atoms with E-state index in [2.05, 4.69) is 27.0 Å². The molecule has 0 aromatic heterocycles. The summed E-state index contributed by atoms with van der Waals surface area (Å²) in [5.41, 5.74) is -0.534. The largest absolute Gasteiger partial charge is 0.499 e. The minimum absolute atomic E-state index is 0.0337. The van der Waals surface area contributed by atoms with Crippen LogP contribution < -0.4 is 0 Å². The lowest BCUT2D eigenvalue weighted by Crippen LogP contribution is -2.41. The monoisotopic (exact) mass is 593 g/mol. The van der Waals surface area contributed by atoms with Gasteiger partial charge in [-0.2, -0.15) is 0 Å². The number of esters is 1. The highest BCUT2D eigenvalue weighted by Crippen LogP contribution is 2.25. The molecule has 1 rings (SSSR count). The molecule has 1 aliphatic rings. The second-order valence-electron chi connectivity index (χ2n) is 12.9. The Kier molecular flexibility index (Phi) is 20.2. The Morgan fingerprint density at radius 1 is 0.810 bits per heavy atom. The molecule has 1 aliphatic heterocycles. The van der Waals surface area contributed by atoms with Crippen LogP contribution in [-0.4, -0.2) is 55.0 Å². The van der Waals surface area contributed by atoms with Crippen molar-refractivity contribution >= 4 is 12.1 Å². The molecule has 0 bridgehead atoms. The predicted molar refractivity (Wildman–Crippen MR) is 171 cm³/mol. The highest BCUT2D eigenvalue weighted by molar-refractivity contribution is 5.69. The summed E-state index contributed by atoms with van der Waals surface area (Å²) in [7, 11) is 0. The van der Waals surface area contributed by atoms with E-state index in [0.717, 1.165) is 32.1 Å².